The van der Waals surface area contributed by atoms with Crippen molar-refractivity contribution in [1.29, 1.82) is 0 Å². The third kappa shape index (κ3) is 6.64. The van der Waals surface area contributed by atoms with Crippen LogP contribution in [0, 0.1) is 0 Å². The number of imidazole rings is 1. The molecule has 0 radical (unpaired) electrons. The van der Waals surface area contributed by atoms with Crippen LogP contribution in [0.25, 0.3) is 5.82 Å². The molecule has 40 heavy (non-hydrogen) atoms. The summed E-state index contributed by atoms with van der Waals surface area (Å²) in [5, 5.41) is 0. The summed E-state index contributed by atoms with van der Waals surface area (Å²) in [7, 11) is 2.14. The number of piperazine rings is 1. The highest BCUT2D eigenvalue weighted by molar-refractivity contribution is 5.47. The first kappa shape index (κ1) is 28.1. The molecule has 0 unspecified atom stereocenters. The Hall–Kier alpha value is -3.43. The first-order valence-corrected chi connectivity index (χ1v) is 14.0. The molecule has 0 N–H and O–H groups in total. The molecule has 6 nitrogen and oxygen atoms in total. The SMILES string of the molecule is C/C=C\C=C(\N1CCN(C)CC1)n1cnc(CN(Cc2ccc(C(F)(F)F)cc2)[C@H]2CCCc3cccnc32)c1. The van der Waals surface area contributed by atoms with Crippen LogP contribution in [0.15, 0.2) is 73.3 Å². The quantitative estimate of drug-likeness (QED) is 0.322. The third-order valence-corrected chi connectivity index (χ3v) is 7.80. The summed E-state index contributed by atoms with van der Waals surface area (Å²) in [5.41, 5.74) is 3.42. The first-order valence-electron chi connectivity index (χ1n) is 14.0. The van der Waals surface area contributed by atoms with Crippen molar-refractivity contribution in [1.82, 2.24) is 29.2 Å². The number of hydrogen-bond donors (Lipinski definition) is 0. The fourth-order valence-electron chi connectivity index (χ4n) is 5.60. The summed E-state index contributed by atoms with van der Waals surface area (Å²) in [6, 6.07) is 9.68. The minimum Gasteiger partial charge on any atom is -0.355 e. The predicted octanol–water partition coefficient (Wildman–Crippen LogP) is 6.00. The molecule has 5 rings (SSSR count). The van der Waals surface area contributed by atoms with Crippen LogP contribution in [-0.2, 0) is 25.7 Å². The predicted molar refractivity (Wildman–Crippen MR) is 151 cm³/mol. The Morgan fingerprint density at radius 2 is 1.82 bits per heavy atom. The molecule has 1 atom stereocenters. The molecule has 0 bridgehead atoms. The molecule has 1 aliphatic heterocycles. The lowest BCUT2D eigenvalue weighted by Gasteiger charge is -2.35. The lowest BCUT2D eigenvalue weighted by molar-refractivity contribution is -0.137. The largest absolute Gasteiger partial charge is 0.416 e. The Morgan fingerprint density at radius 3 is 2.55 bits per heavy atom. The van der Waals surface area contributed by atoms with Crippen LogP contribution in [0.5, 0.6) is 0 Å². The Kier molecular flexibility index (Phi) is 8.71. The summed E-state index contributed by atoms with van der Waals surface area (Å²) in [5.74, 6) is 1.09. The molecule has 2 aliphatic rings. The zero-order valence-corrected chi connectivity index (χ0v) is 23.2. The van der Waals surface area contributed by atoms with Gasteiger partial charge in [0, 0.05) is 51.7 Å². The van der Waals surface area contributed by atoms with Crippen molar-refractivity contribution in [3.63, 3.8) is 0 Å². The van der Waals surface area contributed by atoms with Gasteiger partial charge in [-0.2, -0.15) is 13.2 Å². The Bertz CT molecular complexity index is 1320. The zero-order valence-electron chi connectivity index (χ0n) is 23.2. The second kappa shape index (κ2) is 12.4. The first-order chi connectivity index (χ1) is 19.3. The van der Waals surface area contributed by atoms with Crippen LogP contribution in [0.2, 0.25) is 0 Å². The highest BCUT2D eigenvalue weighted by atomic mass is 19.4. The second-order valence-electron chi connectivity index (χ2n) is 10.7. The van der Waals surface area contributed by atoms with E-state index in [-0.39, 0.29) is 6.04 Å². The van der Waals surface area contributed by atoms with Gasteiger partial charge in [-0.1, -0.05) is 30.4 Å². The molecule has 212 valence electrons. The van der Waals surface area contributed by atoms with E-state index in [2.05, 4.69) is 50.7 Å². The number of allylic oxidation sites excluding steroid dienone is 3. The van der Waals surface area contributed by atoms with E-state index in [9.17, 15) is 13.2 Å². The monoisotopic (exact) mass is 550 g/mol. The Morgan fingerprint density at radius 1 is 1.05 bits per heavy atom. The van der Waals surface area contributed by atoms with Crippen molar-refractivity contribution >= 4 is 5.82 Å². The number of aryl methyl sites for hydroxylation is 1. The maximum absolute atomic E-state index is 13.2. The molecule has 2 aromatic heterocycles. The van der Waals surface area contributed by atoms with Gasteiger partial charge in [0.1, 0.15) is 12.1 Å². The van der Waals surface area contributed by atoms with Gasteiger partial charge in [0.15, 0.2) is 0 Å². The van der Waals surface area contributed by atoms with Crippen molar-refractivity contribution in [2.45, 2.75) is 51.5 Å². The molecule has 0 saturated carbocycles. The van der Waals surface area contributed by atoms with Crippen molar-refractivity contribution in [3.8, 4) is 0 Å². The molecule has 9 heteroatoms. The van der Waals surface area contributed by atoms with E-state index >= 15 is 0 Å². The molecule has 1 fully saturated rings. The number of benzene rings is 1. The number of pyridine rings is 1. The number of nitrogens with zero attached hydrogens (tertiary/aromatic N) is 6. The van der Waals surface area contributed by atoms with E-state index in [4.69, 9.17) is 9.97 Å². The third-order valence-electron chi connectivity index (χ3n) is 7.80. The van der Waals surface area contributed by atoms with E-state index < -0.39 is 11.7 Å². The minimum absolute atomic E-state index is 0.0630. The van der Waals surface area contributed by atoms with Crippen LogP contribution in [0.1, 0.15) is 53.9 Å². The van der Waals surface area contributed by atoms with Gasteiger partial charge >= 0.3 is 6.18 Å². The fraction of sp³-hybridized carbons (Fsp3) is 0.419. The number of likely N-dealkylation sites (N-methyl/N-ethyl adjacent to an activating group) is 1. The number of halogens is 3. The van der Waals surface area contributed by atoms with Crippen molar-refractivity contribution in [2.75, 3.05) is 33.2 Å². The highest BCUT2D eigenvalue weighted by Gasteiger charge is 2.31. The van der Waals surface area contributed by atoms with Gasteiger partial charge in [0.05, 0.1) is 23.0 Å². The van der Waals surface area contributed by atoms with E-state index in [1.165, 1.54) is 17.7 Å². The van der Waals surface area contributed by atoms with Crippen molar-refractivity contribution in [3.05, 3.63) is 101 Å². The van der Waals surface area contributed by atoms with Gasteiger partial charge in [0.25, 0.3) is 0 Å². The normalized spacial score (nSPS) is 19.0. The molecule has 0 amide bonds. The van der Waals surface area contributed by atoms with Crippen molar-refractivity contribution < 1.29 is 13.2 Å². The lowest BCUT2D eigenvalue weighted by Crippen LogP contribution is -2.44. The molecule has 3 aromatic rings. The number of rotatable bonds is 8. The fourth-order valence-corrected chi connectivity index (χ4v) is 5.60. The number of fused-ring (bicyclic) bond motifs is 1. The summed E-state index contributed by atoms with van der Waals surface area (Å²) >= 11 is 0. The standard InChI is InChI=1S/C31H37F3N6/c1-3-4-10-29(38-18-16-37(2)17-19-38)40-22-27(36-23-40)21-39(20-24-11-13-26(14-12-24)31(32,33)34)28-9-5-7-25-8-6-15-35-30(25)28/h3-4,6,8,10-15,22-23,28H,5,7,9,16-21H2,1-2H3/b4-3-,29-10-/t28-/m0/s1. The molecular formula is C31H37F3N6. The van der Waals surface area contributed by atoms with E-state index in [0.717, 1.165) is 68.2 Å². The lowest BCUT2D eigenvalue weighted by atomic mass is 9.90. The summed E-state index contributed by atoms with van der Waals surface area (Å²) in [4.78, 5) is 16.6. The van der Waals surface area contributed by atoms with E-state index in [1.54, 1.807) is 12.1 Å². The van der Waals surface area contributed by atoms with E-state index in [1.807, 2.05) is 31.6 Å². The van der Waals surface area contributed by atoms with Gasteiger partial charge in [-0.05, 0) is 68.6 Å². The van der Waals surface area contributed by atoms with Crippen LogP contribution in [0.4, 0.5) is 13.2 Å². The molecular weight excluding hydrogens is 513 g/mol. The second-order valence-corrected chi connectivity index (χ2v) is 10.7. The zero-order chi connectivity index (χ0) is 28.1. The van der Waals surface area contributed by atoms with Gasteiger partial charge in [-0.25, -0.2) is 4.98 Å². The van der Waals surface area contributed by atoms with Gasteiger partial charge in [-0.15, -0.1) is 0 Å². The number of alkyl halides is 3. The molecule has 3 heterocycles. The van der Waals surface area contributed by atoms with E-state index in [0.29, 0.717) is 13.1 Å². The van der Waals surface area contributed by atoms with Crippen LogP contribution in [-0.4, -0.2) is 62.5 Å². The Balaban J connectivity index is 1.42. The van der Waals surface area contributed by atoms with Crippen LogP contribution < -0.4 is 0 Å². The number of hydrogen-bond acceptors (Lipinski definition) is 5. The minimum atomic E-state index is -4.35. The topological polar surface area (TPSA) is 40.4 Å². The highest BCUT2D eigenvalue weighted by Crippen LogP contribution is 2.35. The molecule has 1 saturated heterocycles. The van der Waals surface area contributed by atoms with Gasteiger partial charge < -0.3 is 9.80 Å². The average Bonchev–Trinajstić information content (AvgIpc) is 3.41. The van der Waals surface area contributed by atoms with Crippen molar-refractivity contribution in [2.24, 2.45) is 0 Å². The smallest absolute Gasteiger partial charge is 0.355 e. The summed E-state index contributed by atoms with van der Waals surface area (Å²) in [6.07, 6.45) is 10.6. The average molecular weight is 551 g/mol. The molecule has 1 aromatic carbocycles. The maximum atomic E-state index is 13.2. The van der Waals surface area contributed by atoms with Gasteiger partial charge in [-0.3, -0.25) is 14.5 Å². The summed E-state index contributed by atoms with van der Waals surface area (Å²) < 4.78 is 41.6. The summed E-state index contributed by atoms with van der Waals surface area (Å²) in [6.45, 7) is 6.97. The maximum Gasteiger partial charge on any atom is 0.416 e. The number of aromatic nitrogens is 3. The molecule has 0 spiro atoms. The van der Waals surface area contributed by atoms with Crippen LogP contribution >= 0.6 is 0 Å². The van der Waals surface area contributed by atoms with Crippen LogP contribution in [0.3, 0.4) is 0 Å². The van der Waals surface area contributed by atoms with Gasteiger partial charge in [0.2, 0.25) is 0 Å². The molecule has 1 aliphatic carbocycles. The Labute approximate surface area is 234 Å².